The van der Waals surface area contributed by atoms with E-state index < -0.39 is 0 Å². The fourth-order valence-corrected chi connectivity index (χ4v) is 1.60. The highest BCUT2D eigenvalue weighted by atomic mass is 16.5. The highest BCUT2D eigenvalue weighted by molar-refractivity contribution is 5.89. The molecule has 1 aromatic rings. The molecule has 0 atom stereocenters. The van der Waals surface area contributed by atoms with Crippen LogP contribution in [0.5, 0.6) is 11.8 Å². The molecule has 0 aliphatic carbocycles. The van der Waals surface area contributed by atoms with Crippen molar-refractivity contribution in [1.82, 2.24) is 15.3 Å². The number of anilines is 1. The van der Waals surface area contributed by atoms with Gasteiger partial charge in [-0.3, -0.25) is 10.1 Å². The van der Waals surface area contributed by atoms with Gasteiger partial charge in [0.05, 0.1) is 20.3 Å². The van der Waals surface area contributed by atoms with E-state index in [-0.39, 0.29) is 11.9 Å². The predicted octanol–water partition coefficient (Wildman–Crippen LogP) is 0.0418. The Hall–Kier alpha value is -1.89. The van der Waals surface area contributed by atoms with Crippen molar-refractivity contribution in [3.05, 3.63) is 6.07 Å². The number of nitrogens with one attached hydrogen (secondary N) is 2. The van der Waals surface area contributed by atoms with Gasteiger partial charge in [0, 0.05) is 6.42 Å². The van der Waals surface area contributed by atoms with Gasteiger partial charge >= 0.3 is 0 Å². The number of ether oxygens (including phenoxy) is 2. The van der Waals surface area contributed by atoms with Gasteiger partial charge in [-0.05, 0) is 19.0 Å². The van der Waals surface area contributed by atoms with Crippen molar-refractivity contribution in [3.63, 3.8) is 0 Å². The van der Waals surface area contributed by atoms with Crippen molar-refractivity contribution in [2.45, 2.75) is 6.42 Å². The maximum Gasteiger partial charge on any atom is 0.236 e. The first-order valence-corrected chi connectivity index (χ1v) is 5.69. The Morgan fingerprint density at radius 1 is 1.39 bits per heavy atom. The van der Waals surface area contributed by atoms with Crippen molar-refractivity contribution >= 4 is 11.9 Å². The smallest absolute Gasteiger partial charge is 0.236 e. The lowest BCUT2D eigenvalue weighted by atomic mass is 9.99. The van der Waals surface area contributed by atoms with Crippen LogP contribution in [0, 0.1) is 5.92 Å². The minimum absolute atomic E-state index is 0.100. The van der Waals surface area contributed by atoms with Crippen LogP contribution >= 0.6 is 0 Å². The van der Waals surface area contributed by atoms with Crippen LogP contribution in [0.25, 0.3) is 0 Å². The van der Waals surface area contributed by atoms with Crippen molar-refractivity contribution in [1.29, 1.82) is 0 Å². The van der Waals surface area contributed by atoms with Gasteiger partial charge in [-0.1, -0.05) is 0 Å². The Balaban J connectivity index is 2.00. The summed E-state index contributed by atoms with van der Waals surface area (Å²) in [6, 6.07) is 1.55. The molecule has 1 aromatic heterocycles. The van der Waals surface area contributed by atoms with E-state index in [1.165, 1.54) is 14.2 Å². The summed E-state index contributed by atoms with van der Waals surface area (Å²) in [5, 5.41) is 5.76. The van der Waals surface area contributed by atoms with Crippen LogP contribution in [0.1, 0.15) is 6.42 Å². The first-order valence-electron chi connectivity index (χ1n) is 5.69. The zero-order chi connectivity index (χ0) is 13.0. The minimum Gasteiger partial charge on any atom is -0.481 e. The second-order valence-electron chi connectivity index (χ2n) is 4.05. The Kier molecular flexibility index (Phi) is 3.93. The van der Waals surface area contributed by atoms with Crippen LogP contribution in [0.2, 0.25) is 0 Å². The number of aromatic nitrogens is 2. The number of rotatable bonds is 5. The molecule has 1 fully saturated rings. The molecule has 1 aliphatic rings. The summed E-state index contributed by atoms with van der Waals surface area (Å²) in [6.45, 7) is 1.77. The van der Waals surface area contributed by atoms with Gasteiger partial charge in [0.2, 0.25) is 23.6 Å². The molecule has 2 N–H and O–H groups in total. The number of carbonyl (C=O) groups is 1. The van der Waals surface area contributed by atoms with Crippen LogP contribution < -0.4 is 20.1 Å². The molecule has 2 heterocycles. The second-order valence-corrected chi connectivity index (χ2v) is 4.05. The van der Waals surface area contributed by atoms with Gasteiger partial charge < -0.3 is 14.8 Å². The van der Waals surface area contributed by atoms with Gasteiger partial charge in [-0.2, -0.15) is 9.97 Å². The highest BCUT2D eigenvalue weighted by Crippen LogP contribution is 2.18. The lowest BCUT2D eigenvalue weighted by Gasteiger charge is -2.26. The molecule has 98 valence electrons. The lowest BCUT2D eigenvalue weighted by molar-refractivity contribution is -0.117. The number of carbonyl (C=O) groups excluding carboxylic acids is 1. The standard InChI is InChI=1S/C11H16N4O3/c1-17-9-4-10(18-2)15-11(14-9)13-8(16)3-7-5-12-6-7/h4,7,12H,3,5-6H2,1-2H3,(H,13,14,15,16). The van der Waals surface area contributed by atoms with Gasteiger partial charge in [0.1, 0.15) is 0 Å². The Bertz CT molecular complexity index is 412. The van der Waals surface area contributed by atoms with E-state index in [2.05, 4.69) is 20.6 Å². The van der Waals surface area contributed by atoms with Crippen LogP contribution in [-0.4, -0.2) is 43.2 Å². The number of methoxy groups -OCH3 is 2. The summed E-state index contributed by atoms with van der Waals surface area (Å²) in [5.74, 6) is 1.20. The third kappa shape index (κ3) is 3.07. The number of hydrogen-bond acceptors (Lipinski definition) is 6. The van der Waals surface area contributed by atoms with E-state index in [9.17, 15) is 4.79 Å². The van der Waals surface area contributed by atoms with E-state index in [0.29, 0.717) is 24.1 Å². The molecular formula is C11H16N4O3. The zero-order valence-corrected chi connectivity index (χ0v) is 10.4. The van der Waals surface area contributed by atoms with Gasteiger partial charge in [0.25, 0.3) is 0 Å². The van der Waals surface area contributed by atoms with E-state index >= 15 is 0 Å². The summed E-state index contributed by atoms with van der Waals surface area (Å²) in [4.78, 5) is 19.8. The van der Waals surface area contributed by atoms with Crippen molar-refractivity contribution in [2.24, 2.45) is 5.92 Å². The molecule has 0 saturated carbocycles. The molecule has 0 unspecified atom stereocenters. The molecule has 1 amide bonds. The number of nitrogens with zero attached hydrogens (tertiary/aromatic N) is 2. The van der Waals surface area contributed by atoms with Crippen molar-refractivity contribution in [2.75, 3.05) is 32.6 Å². The van der Waals surface area contributed by atoms with Crippen molar-refractivity contribution in [3.8, 4) is 11.8 Å². The molecule has 0 spiro atoms. The minimum atomic E-state index is -0.100. The van der Waals surface area contributed by atoms with Gasteiger partial charge in [-0.25, -0.2) is 0 Å². The van der Waals surface area contributed by atoms with E-state index in [0.717, 1.165) is 13.1 Å². The SMILES string of the molecule is COc1cc(OC)nc(NC(=O)CC2CNC2)n1. The Morgan fingerprint density at radius 3 is 2.44 bits per heavy atom. The quantitative estimate of drug-likeness (QED) is 0.769. The normalized spacial score (nSPS) is 14.8. The fraction of sp³-hybridized carbons (Fsp3) is 0.545. The average Bonchev–Trinajstić information content (AvgIpc) is 2.33. The van der Waals surface area contributed by atoms with Crippen LogP contribution in [0.3, 0.4) is 0 Å². The fourth-order valence-electron chi connectivity index (χ4n) is 1.60. The second kappa shape index (κ2) is 5.63. The number of hydrogen-bond donors (Lipinski definition) is 2. The van der Waals surface area contributed by atoms with Crippen molar-refractivity contribution < 1.29 is 14.3 Å². The molecule has 18 heavy (non-hydrogen) atoms. The zero-order valence-electron chi connectivity index (χ0n) is 10.4. The Labute approximate surface area is 105 Å². The van der Waals surface area contributed by atoms with E-state index in [1.807, 2.05) is 0 Å². The van der Waals surface area contributed by atoms with Gasteiger partial charge in [-0.15, -0.1) is 0 Å². The summed E-state index contributed by atoms with van der Waals surface area (Å²) in [6.07, 6.45) is 0.468. The number of amides is 1. The lowest BCUT2D eigenvalue weighted by Crippen LogP contribution is -2.43. The summed E-state index contributed by atoms with van der Waals surface area (Å²) >= 11 is 0. The van der Waals surface area contributed by atoms with E-state index in [1.54, 1.807) is 6.07 Å². The van der Waals surface area contributed by atoms with Gasteiger partial charge in [0.15, 0.2) is 0 Å². The molecule has 1 aliphatic heterocycles. The maximum absolute atomic E-state index is 11.7. The van der Waals surface area contributed by atoms with Crippen LogP contribution in [0.4, 0.5) is 5.95 Å². The maximum atomic E-state index is 11.7. The Morgan fingerprint density at radius 2 is 2.00 bits per heavy atom. The molecule has 7 heteroatoms. The third-order valence-corrected chi connectivity index (χ3v) is 2.69. The average molecular weight is 252 g/mol. The largest absolute Gasteiger partial charge is 0.481 e. The molecular weight excluding hydrogens is 236 g/mol. The first kappa shape index (κ1) is 12.6. The molecule has 2 rings (SSSR count). The highest BCUT2D eigenvalue weighted by Gasteiger charge is 2.20. The predicted molar refractivity (Wildman–Crippen MR) is 64.7 cm³/mol. The summed E-state index contributed by atoms with van der Waals surface area (Å²) in [7, 11) is 2.99. The monoisotopic (exact) mass is 252 g/mol. The molecule has 0 aromatic carbocycles. The molecule has 1 saturated heterocycles. The summed E-state index contributed by atoms with van der Waals surface area (Å²) in [5.41, 5.74) is 0. The first-order chi connectivity index (χ1) is 8.71. The van der Waals surface area contributed by atoms with Crippen LogP contribution in [-0.2, 0) is 4.79 Å². The van der Waals surface area contributed by atoms with Crippen LogP contribution in [0.15, 0.2) is 6.07 Å². The topological polar surface area (TPSA) is 85.4 Å². The summed E-state index contributed by atoms with van der Waals surface area (Å²) < 4.78 is 10.00. The molecule has 0 radical (unpaired) electrons. The molecule has 7 nitrogen and oxygen atoms in total. The molecule has 0 bridgehead atoms. The van der Waals surface area contributed by atoms with E-state index in [4.69, 9.17) is 9.47 Å². The third-order valence-electron chi connectivity index (χ3n) is 2.69.